The van der Waals surface area contributed by atoms with E-state index in [9.17, 15) is 8.78 Å². The molecule has 0 saturated heterocycles. The summed E-state index contributed by atoms with van der Waals surface area (Å²) in [5.74, 6) is -0.790. The highest BCUT2D eigenvalue weighted by Gasteiger charge is 2.21. The van der Waals surface area contributed by atoms with Crippen molar-refractivity contribution >= 4 is 11.6 Å². The van der Waals surface area contributed by atoms with E-state index in [1.165, 1.54) is 17.2 Å². The van der Waals surface area contributed by atoms with Gasteiger partial charge in [0.1, 0.15) is 11.6 Å². The average Bonchev–Trinajstić information content (AvgIpc) is 2.81. The number of hydrogen-bond donors (Lipinski definition) is 1. The van der Waals surface area contributed by atoms with Gasteiger partial charge in [0.25, 0.3) is 0 Å². The molecule has 0 saturated carbocycles. The van der Waals surface area contributed by atoms with Gasteiger partial charge in [-0.2, -0.15) is 0 Å². The molecule has 2 aromatic rings. The van der Waals surface area contributed by atoms with Crippen LogP contribution in [0.2, 0.25) is 5.02 Å². The second-order valence-electron chi connectivity index (χ2n) is 5.13. The van der Waals surface area contributed by atoms with Gasteiger partial charge in [-0.1, -0.05) is 17.7 Å². The minimum Gasteiger partial charge on any atom is -0.309 e. The number of nitrogens with one attached hydrogen (secondary N) is 1. The van der Waals surface area contributed by atoms with Crippen LogP contribution in [-0.2, 0) is 19.4 Å². The van der Waals surface area contributed by atoms with Crippen molar-refractivity contribution in [2.24, 2.45) is 0 Å². The van der Waals surface area contributed by atoms with E-state index >= 15 is 0 Å². The van der Waals surface area contributed by atoms with Crippen molar-refractivity contribution in [1.82, 2.24) is 5.32 Å². The van der Waals surface area contributed by atoms with Crippen LogP contribution in [0.5, 0.6) is 0 Å². The third kappa shape index (κ3) is 2.84. The minimum atomic E-state index is -0.412. The fourth-order valence-electron chi connectivity index (χ4n) is 2.66. The first-order chi connectivity index (χ1) is 9.61. The first-order valence-corrected chi connectivity index (χ1v) is 6.94. The fourth-order valence-corrected chi connectivity index (χ4v) is 2.86. The zero-order chi connectivity index (χ0) is 14.1. The van der Waals surface area contributed by atoms with Crippen LogP contribution in [-0.4, -0.2) is 6.04 Å². The van der Waals surface area contributed by atoms with Crippen molar-refractivity contribution in [1.29, 1.82) is 0 Å². The molecule has 0 aliphatic heterocycles. The Hall–Kier alpha value is -1.45. The minimum absolute atomic E-state index is 0.242. The monoisotopic (exact) mass is 293 g/mol. The molecule has 3 rings (SSSR count). The van der Waals surface area contributed by atoms with Crippen LogP contribution in [0.4, 0.5) is 8.78 Å². The molecule has 1 aliphatic rings. The van der Waals surface area contributed by atoms with Gasteiger partial charge >= 0.3 is 0 Å². The Morgan fingerprint density at radius 1 is 1.05 bits per heavy atom. The third-order valence-electron chi connectivity index (χ3n) is 3.69. The maximum atomic E-state index is 13.5. The van der Waals surface area contributed by atoms with E-state index in [0.717, 1.165) is 30.0 Å². The molecular formula is C16H14ClF2N. The summed E-state index contributed by atoms with van der Waals surface area (Å²) in [6.45, 7) is 0.329. The van der Waals surface area contributed by atoms with E-state index in [0.29, 0.717) is 12.1 Å². The highest BCUT2D eigenvalue weighted by molar-refractivity contribution is 6.30. The predicted molar refractivity (Wildman–Crippen MR) is 75.8 cm³/mol. The molecule has 1 unspecified atom stereocenters. The largest absolute Gasteiger partial charge is 0.309 e. The molecular weight excluding hydrogens is 280 g/mol. The van der Waals surface area contributed by atoms with Crippen LogP contribution in [0.1, 0.15) is 16.7 Å². The van der Waals surface area contributed by atoms with Crippen molar-refractivity contribution in [3.8, 4) is 0 Å². The molecule has 0 amide bonds. The molecule has 104 valence electrons. The first-order valence-electron chi connectivity index (χ1n) is 6.56. The molecule has 0 spiro atoms. The molecule has 0 fully saturated rings. The van der Waals surface area contributed by atoms with Crippen LogP contribution in [0.15, 0.2) is 36.4 Å². The first kappa shape index (κ1) is 13.5. The maximum absolute atomic E-state index is 13.5. The second-order valence-corrected chi connectivity index (χ2v) is 5.57. The van der Waals surface area contributed by atoms with Gasteiger partial charge in [0.2, 0.25) is 0 Å². The Kier molecular flexibility index (Phi) is 3.72. The summed E-state index contributed by atoms with van der Waals surface area (Å²) in [5, 5.41) is 4.02. The fraction of sp³-hybridized carbons (Fsp3) is 0.250. The lowest BCUT2D eigenvalue weighted by Crippen LogP contribution is -2.29. The highest BCUT2D eigenvalue weighted by atomic mass is 35.5. The van der Waals surface area contributed by atoms with Crippen molar-refractivity contribution in [2.45, 2.75) is 25.4 Å². The molecule has 1 atom stereocenters. The zero-order valence-electron chi connectivity index (χ0n) is 10.8. The maximum Gasteiger partial charge on any atom is 0.127 e. The summed E-state index contributed by atoms with van der Waals surface area (Å²) in [4.78, 5) is 0. The Morgan fingerprint density at radius 2 is 1.85 bits per heavy atom. The molecule has 2 aromatic carbocycles. The van der Waals surface area contributed by atoms with Crippen LogP contribution in [0.3, 0.4) is 0 Å². The van der Waals surface area contributed by atoms with Gasteiger partial charge in [-0.3, -0.25) is 0 Å². The summed E-state index contributed by atoms with van der Waals surface area (Å²) in [5.41, 5.74) is 2.86. The van der Waals surface area contributed by atoms with E-state index in [4.69, 9.17) is 11.6 Å². The molecule has 0 heterocycles. The van der Waals surface area contributed by atoms with Gasteiger partial charge < -0.3 is 5.32 Å². The Balaban J connectivity index is 1.65. The summed E-state index contributed by atoms with van der Waals surface area (Å²) in [6.07, 6.45) is 1.76. The summed E-state index contributed by atoms with van der Waals surface area (Å²) >= 11 is 5.97. The van der Waals surface area contributed by atoms with Crippen LogP contribution in [0, 0.1) is 11.6 Å². The molecule has 20 heavy (non-hydrogen) atoms. The number of hydrogen-bond acceptors (Lipinski definition) is 1. The number of benzene rings is 2. The van der Waals surface area contributed by atoms with Crippen molar-refractivity contribution < 1.29 is 8.78 Å². The average molecular weight is 294 g/mol. The number of rotatable bonds is 3. The quantitative estimate of drug-likeness (QED) is 0.906. The van der Waals surface area contributed by atoms with Gasteiger partial charge in [-0.05, 0) is 54.3 Å². The van der Waals surface area contributed by atoms with E-state index in [2.05, 4.69) is 5.32 Å². The van der Waals surface area contributed by atoms with Crippen molar-refractivity contribution in [3.63, 3.8) is 0 Å². The lowest BCUT2D eigenvalue weighted by atomic mass is 10.1. The smallest absolute Gasteiger partial charge is 0.127 e. The SMILES string of the molecule is Fc1ccc(F)c(CNC2Cc3ccc(Cl)cc3C2)c1. The number of halogens is 3. The van der Waals surface area contributed by atoms with E-state index in [1.54, 1.807) is 0 Å². The lowest BCUT2D eigenvalue weighted by molar-refractivity contribution is 0.511. The number of fused-ring (bicyclic) bond motifs is 1. The van der Waals surface area contributed by atoms with E-state index in [1.807, 2.05) is 18.2 Å². The van der Waals surface area contributed by atoms with Gasteiger partial charge in [0.05, 0.1) is 0 Å². The van der Waals surface area contributed by atoms with Gasteiger partial charge in [0, 0.05) is 23.2 Å². The molecule has 1 aliphatic carbocycles. The lowest BCUT2D eigenvalue weighted by Gasteiger charge is -2.12. The third-order valence-corrected chi connectivity index (χ3v) is 3.92. The van der Waals surface area contributed by atoms with Crippen molar-refractivity contribution in [3.05, 3.63) is 69.7 Å². The van der Waals surface area contributed by atoms with E-state index < -0.39 is 5.82 Å². The van der Waals surface area contributed by atoms with Crippen molar-refractivity contribution in [2.75, 3.05) is 0 Å². The predicted octanol–water partition coefficient (Wildman–Crippen LogP) is 3.88. The van der Waals surface area contributed by atoms with Crippen LogP contribution >= 0.6 is 11.6 Å². The summed E-state index contributed by atoms with van der Waals surface area (Å²) < 4.78 is 26.6. The van der Waals surface area contributed by atoms with Crippen LogP contribution < -0.4 is 5.32 Å². The standard InChI is InChI=1S/C16H14ClF2N/c17-13-2-1-10-7-15(8-11(10)5-13)20-9-12-6-14(18)3-4-16(12)19/h1-6,15,20H,7-9H2. The second kappa shape index (κ2) is 5.51. The Labute approximate surface area is 121 Å². The van der Waals surface area contributed by atoms with Gasteiger partial charge in [0.15, 0.2) is 0 Å². The Bertz CT molecular complexity index is 642. The molecule has 1 nitrogen and oxygen atoms in total. The van der Waals surface area contributed by atoms with E-state index in [-0.39, 0.29) is 11.9 Å². The molecule has 4 heteroatoms. The zero-order valence-corrected chi connectivity index (χ0v) is 11.6. The normalized spacial score (nSPS) is 17.2. The molecule has 0 bridgehead atoms. The van der Waals surface area contributed by atoms with Crippen LogP contribution in [0.25, 0.3) is 0 Å². The van der Waals surface area contributed by atoms with Gasteiger partial charge in [-0.25, -0.2) is 8.78 Å². The molecule has 0 radical (unpaired) electrons. The Morgan fingerprint density at radius 3 is 2.70 bits per heavy atom. The topological polar surface area (TPSA) is 12.0 Å². The summed E-state index contributed by atoms with van der Waals surface area (Å²) in [6, 6.07) is 9.66. The molecule has 1 N–H and O–H groups in total. The summed E-state index contributed by atoms with van der Waals surface area (Å²) in [7, 11) is 0. The molecule has 0 aromatic heterocycles. The highest BCUT2D eigenvalue weighted by Crippen LogP contribution is 2.25. The van der Waals surface area contributed by atoms with Gasteiger partial charge in [-0.15, -0.1) is 0 Å².